The van der Waals surface area contributed by atoms with Crippen LogP contribution in [0.1, 0.15) is 48.4 Å². The first-order chi connectivity index (χ1) is 18.1. The molecule has 1 heterocycles. The van der Waals surface area contributed by atoms with Crippen molar-refractivity contribution in [1.82, 2.24) is 10.3 Å². The average molecular weight is 533 g/mol. The van der Waals surface area contributed by atoms with Crippen LogP contribution in [-0.4, -0.2) is 46.0 Å². The zero-order valence-electron chi connectivity index (χ0n) is 21.8. The standard InChI is InChI=1S/C31H33ClN2O4/c1-20(25-10-6-7-11-26(25)28-15-14-27(30(36)37)29(32)34-28)38-19-24(35)18-33-31(2,3)17-21-12-13-22-8-4-5-9-23(22)16-21/h4-16,20,24,33,35H,17-19H2,1-3H3,(H,36,37)/t20-,24-/m1/s1. The Hall–Kier alpha value is -3.29. The summed E-state index contributed by atoms with van der Waals surface area (Å²) in [5.41, 5.74) is 3.20. The molecule has 0 amide bonds. The number of carboxylic acid groups (broad SMARTS) is 1. The second-order valence-electron chi connectivity index (χ2n) is 10.2. The van der Waals surface area contributed by atoms with Crippen molar-refractivity contribution in [3.8, 4) is 11.3 Å². The van der Waals surface area contributed by atoms with E-state index in [0.29, 0.717) is 12.2 Å². The number of aromatic carboxylic acids is 1. The first-order valence-electron chi connectivity index (χ1n) is 12.6. The van der Waals surface area contributed by atoms with Crippen LogP contribution in [0.2, 0.25) is 5.15 Å². The molecule has 0 radical (unpaired) electrons. The number of aromatic nitrogens is 1. The molecule has 4 aromatic rings. The number of β-amino-alcohol motifs (C(OH)–C–C–N with tert-alkyl or cyclic N) is 1. The lowest BCUT2D eigenvalue weighted by molar-refractivity contribution is -0.00397. The summed E-state index contributed by atoms with van der Waals surface area (Å²) in [7, 11) is 0. The molecule has 0 bridgehead atoms. The van der Waals surface area contributed by atoms with E-state index in [0.717, 1.165) is 17.5 Å². The van der Waals surface area contributed by atoms with Gasteiger partial charge in [0, 0.05) is 17.6 Å². The molecule has 7 heteroatoms. The molecule has 0 aliphatic heterocycles. The second-order valence-corrected chi connectivity index (χ2v) is 10.5. The number of hydrogen-bond donors (Lipinski definition) is 3. The number of carbonyl (C=O) groups is 1. The molecule has 1 aromatic heterocycles. The minimum Gasteiger partial charge on any atom is -0.478 e. The average Bonchev–Trinajstić information content (AvgIpc) is 2.90. The summed E-state index contributed by atoms with van der Waals surface area (Å²) >= 11 is 6.09. The highest BCUT2D eigenvalue weighted by Crippen LogP contribution is 2.30. The van der Waals surface area contributed by atoms with Gasteiger partial charge in [-0.05, 0) is 61.2 Å². The van der Waals surface area contributed by atoms with Gasteiger partial charge in [0.1, 0.15) is 5.15 Å². The van der Waals surface area contributed by atoms with Gasteiger partial charge in [-0.2, -0.15) is 0 Å². The molecule has 0 aliphatic rings. The van der Waals surface area contributed by atoms with E-state index in [9.17, 15) is 15.0 Å². The number of aliphatic hydroxyl groups excluding tert-OH is 1. The van der Waals surface area contributed by atoms with Crippen LogP contribution in [0.3, 0.4) is 0 Å². The number of nitrogens with zero attached hydrogens (tertiary/aromatic N) is 1. The molecular formula is C31H33ClN2O4. The van der Waals surface area contributed by atoms with Crippen LogP contribution in [0.4, 0.5) is 0 Å². The molecule has 4 rings (SSSR count). The zero-order valence-corrected chi connectivity index (χ0v) is 22.6. The fourth-order valence-corrected chi connectivity index (χ4v) is 4.78. The van der Waals surface area contributed by atoms with E-state index in [1.807, 2.05) is 43.3 Å². The Labute approximate surface area is 228 Å². The van der Waals surface area contributed by atoms with Gasteiger partial charge in [-0.25, -0.2) is 9.78 Å². The number of rotatable bonds is 11. The smallest absolute Gasteiger partial charge is 0.338 e. The van der Waals surface area contributed by atoms with Gasteiger partial charge < -0.3 is 20.3 Å². The van der Waals surface area contributed by atoms with Gasteiger partial charge in [0.15, 0.2) is 0 Å². The number of pyridine rings is 1. The third-order valence-corrected chi connectivity index (χ3v) is 6.86. The van der Waals surface area contributed by atoms with Crippen LogP contribution < -0.4 is 5.32 Å². The fraction of sp³-hybridized carbons (Fsp3) is 0.290. The van der Waals surface area contributed by atoms with Crippen molar-refractivity contribution in [2.45, 2.75) is 44.9 Å². The Morgan fingerprint density at radius 2 is 1.74 bits per heavy atom. The highest BCUT2D eigenvalue weighted by atomic mass is 35.5. The quantitative estimate of drug-likeness (QED) is 0.196. The van der Waals surface area contributed by atoms with E-state index in [-0.39, 0.29) is 29.0 Å². The molecule has 2 atom stereocenters. The molecule has 6 nitrogen and oxygen atoms in total. The Morgan fingerprint density at radius 1 is 1.03 bits per heavy atom. The van der Waals surface area contributed by atoms with Crippen molar-refractivity contribution in [2.24, 2.45) is 0 Å². The summed E-state index contributed by atoms with van der Waals surface area (Å²) in [6.45, 7) is 6.71. The summed E-state index contributed by atoms with van der Waals surface area (Å²) < 4.78 is 6.03. The van der Waals surface area contributed by atoms with Crippen molar-refractivity contribution >= 4 is 28.3 Å². The van der Waals surface area contributed by atoms with Crippen LogP contribution in [-0.2, 0) is 11.2 Å². The van der Waals surface area contributed by atoms with E-state index in [2.05, 4.69) is 54.5 Å². The third kappa shape index (κ3) is 6.97. The Kier molecular flexibility index (Phi) is 8.80. The van der Waals surface area contributed by atoms with Gasteiger partial charge in [0.05, 0.1) is 30.1 Å². The van der Waals surface area contributed by atoms with Crippen molar-refractivity contribution in [2.75, 3.05) is 13.2 Å². The predicted octanol–water partition coefficient (Wildman–Crippen LogP) is 6.30. The molecule has 38 heavy (non-hydrogen) atoms. The molecule has 0 spiro atoms. The molecule has 0 saturated carbocycles. The molecule has 0 unspecified atom stereocenters. The van der Waals surface area contributed by atoms with E-state index >= 15 is 0 Å². The number of halogens is 1. The second kappa shape index (κ2) is 12.0. The molecular weight excluding hydrogens is 500 g/mol. The van der Waals surface area contributed by atoms with Crippen LogP contribution in [0.25, 0.3) is 22.0 Å². The summed E-state index contributed by atoms with van der Waals surface area (Å²) in [4.78, 5) is 15.6. The van der Waals surface area contributed by atoms with E-state index < -0.39 is 12.1 Å². The Morgan fingerprint density at radius 3 is 2.47 bits per heavy atom. The lowest BCUT2D eigenvalue weighted by Crippen LogP contribution is -2.46. The minimum atomic E-state index is -1.12. The number of fused-ring (bicyclic) bond motifs is 1. The normalized spacial score (nSPS) is 13.4. The monoisotopic (exact) mass is 532 g/mol. The molecule has 3 N–H and O–H groups in total. The number of benzene rings is 3. The molecule has 0 saturated heterocycles. The number of carboxylic acids is 1. The Balaban J connectivity index is 1.34. The summed E-state index contributed by atoms with van der Waals surface area (Å²) in [6.07, 6.45) is -0.195. The maximum Gasteiger partial charge on any atom is 0.338 e. The van der Waals surface area contributed by atoms with Crippen LogP contribution in [0.5, 0.6) is 0 Å². The summed E-state index contributed by atoms with van der Waals surface area (Å²) in [6, 6.07) is 25.5. The van der Waals surface area contributed by atoms with E-state index in [4.69, 9.17) is 16.3 Å². The van der Waals surface area contributed by atoms with Gasteiger partial charge in [0.25, 0.3) is 0 Å². The number of aliphatic hydroxyl groups is 1. The van der Waals surface area contributed by atoms with Crippen LogP contribution in [0.15, 0.2) is 78.9 Å². The minimum absolute atomic E-state index is 0.0450. The number of nitrogens with one attached hydrogen (secondary N) is 1. The summed E-state index contributed by atoms with van der Waals surface area (Å²) in [5, 5.41) is 25.7. The van der Waals surface area contributed by atoms with Crippen LogP contribution in [0, 0.1) is 0 Å². The fourth-order valence-electron chi connectivity index (χ4n) is 4.55. The van der Waals surface area contributed by atoms with Gasteiger partial charge in [-0.15, -0.1) is 0 Å². The third-order valence-electron chi connectivity index (χ3n) is 6.57. The lowest BCUT2D eigenvalue weighted by Gasteiger charge is -2.28. The van der Waals surface area contributed by atoms with Gasteiger partial charge >= 0.3 is 5.97 Å². The van der Waals surface area contributed by atoms with Gasteiger partial charge in [-0.1, -0.05) is 78.3 Å². The first-order valence-corrected chi connectivity index (χ1v) is 13.0. The van der Waals surface area contributed by atoms with E-state index in [1.165, 1.54) is 22.4 Å². The largest absolute Gasteiger partial charge is 0.478 e. The lowest BCUT2D eigenvalue weighted by atomic mass is 9.93. The summed E-state index contributed by atoms with van der Waals surface area (Å²) in [5.74, 6) is -1.12. The van der Waals surface area contributed by atoms with E-state index in [1.54, 1.807) is 6.07 Å². The SMILES string of the molecule is C[C@@H](OC[C@H](O)CNC(C)(C)Cc1ccc2ccccc2c1)c1ccccc1-c1ccc(C(=O)O)c(Cl)n1. The maximum absolute atomic E-state index is 11.3. The molecule has 0 fully saturated rings. The topological polar surface area (TPSA) is 91.7 Å². The van der Waals surface area contributed by atoms with Crippen molar-refractivity contribution < 1.29 is 19.7 Å². The maximum atomic E-state index is 11.3. The van der Waals surface area contributed by atoms with Crippen molar-refractivity contribution in [1.29, 1.82) is 0 Å². The van der Waals surface area contributed by atoms with Gasteiger partial charge in [0.2, 0.25) is 0 Å². The first kappa shape index (κ1) is 27.7. The highest BCUT2D eigenvalue weighted by Gasteiger charge is 2.21. The number of hydrogen-bond acceptors (Lipinski definition) is 5. The predicted molar refractivity (Wildman–Crippen MR) is 152 cm³/mol. The van der Waals surface area contributed by atoms with Crippen molar-refractivity contribution in [3.05, 3.63) is 101 Å². The van der Waals surface area contributed by atoms with Crippen LogP contribution >= 0.6 is 11.6 Å². The zero-order chi connectivity index (χ0) is 27.3. The molecule has 3 aromatic carbocycles. The highest BCUT2D eigenvalue weighted by molar-refractivity contribution is 6.32. The van der Waals surface area contributed by atoms with Crippen molar-refractivity contribution in [3.63, 3.8) is 0 Å². The molecule has 0 aliphatic carbocycles. The van der Waals surface area contributed by atoms with Gasteiger partial charge in [-0.3, -0.25) is 0 Å². The Bertz CT molecular complexity index is 1420. The number of ether oxygens (including phenoxy) is 1. The molecule has 198 valence electrons.